The fourth-order valence-electron chi connectivity index (χ4n) is 2.96. The van der Waals surface area contributed by atoms with E-state index in [1.165, 1.54) is 11.3 Å². The zero-order valence-corrected chi connectivity index (χ0v) is 20.1. The number of thiazole rings is 1. The number of hydrogen-bond acceptors (Lipinski definition) is 6. The Hall–Kier alpha value is -2.13. The van der Waals surface area contributed by atoms with Crippen molar-refractivity contribution in [2.75, 3.05) is 17.7 Å². The molecule has 0 bridgehead atoms. The van der Waals surface area contributed by atoms with Crippen LogP contribution in [-0.2, 0) is 23.0 Å². The monoisotopic (exact) mass is 497 g/mol. The number of nitrogens with zero attached hydrogens (tertiary/aromatic N) is 2. The van der Waals surface area contributed by atoms with Crippen LogP contribution in [0.25, 0.3) is 0 Å². The average Bonchev–Trinajstić information content (AvgIpc) is 3.07. The van der Waals surface area contributed by atoms with Crippen LogP contribution in [-0.4, -0.2) is 32.1 Å². The number of aromatic nitrogens is 1. The largest absolute Gasteiger partial charge is 0.343 e. The lowest BCUT2D eigenvalue weighted by molar-refractivity contribution is 0.0977. The Morgan fingerprint density at radius 2 is 1.81 bits per heavy atom. The highest BCUT2D eigenvalue weighted by Gasteiger charge is 2.21. The Morgan fingerprint density at radius 3 is 2.45 bits per heavy atom. The van der Waals surface area contributed by atoms with Gasteiger partial charge in [-0.2, -0.15) is 0 Å². The van der Waals surface area contributed by atoms with Gasteiger partial charge in [-0.3, -0.25) is 4.79 Å². The number of benzene rings is 2. The van der Waals surface area contributed by atoms with E-state index in [0.29, 0.717) is 33.1 Å². The lowest BCUT2D eigenvalue weighted by atomic mass is 10.1. The van der Waals surface area contributed by atoms with Crippen molar-refractivity contribution in [1.82, 2.24) is 9.71 Å². The fourth-order valence-corrected chi connectivity index (χ4v) is 4.66. The number of sulfonamides is 1. The number of nitrogens with one attached hydrogen (secondary N) is 1. The highest BCUT2D eigenvalue weighted by molar-refractivity contribution is 7.89. The maximum absolute atomic E-state index is 12.3. The van der Waals surface area contributed by atoms with E-state index in [1.807, 2.05) is 53.3 Å². The third-order valence-corrected chi connectivity index (χ3v) is 6.47. The molecule has 1 aromatic heterocycles. The van der Waals surface area contributed by atoms with Crippen molar-refractivity contribution >= 4 is 55.6 Å². The van der Waals surface area contributed by atoms with E-state index < -0.39 is 15.9 Å². The molecule has 0 atom stereocenters. The summed E-state index contributed by atoms with van der Waals surface area (Å²) in [5, 5.41) is 1.94. The average molecular weight is 498 g/mol. The maximum atomic E-state index is 12.3. The number of rotatable bonds is 8. The molecule has 1 amide bonds. The highest BCUT2D eigenvalue weighted by Crippen LogP contribution is 2.28. The molecular weight excluding hydrogens is 477 g/mol. The van der Waals surface area contributed by atoms with Gasteiger partial charge in [-0.15, -0.1) is 11.3 Å². The molecule has 1 N–H and O–H groups in total. The zero-order chi connectivity index (χ0) is 22.6. The van der Waals surface area contributed by atoms with Crippen LogP contribution >= 0.6 is 34.5 Å². The molecule has 0 aliphatic carbocycles. The fraction of sp³-hybridized carbons (Fsp3) is 0.238. The lowest BCUT2D eigenvalue weighted by Crippen LogP contribution is -2.30. The molecule has 164 valence electrons. The first kappa shape index (κ1) is 23.5. The number of amides is 1. The normalized spacial score (nSPS) is 11.4. The molecule has 3 rings (SSSR count). The van der Waals surface area contributed by atoms with Crippen molar-refractivity contribution in [2.24, 2.45) is 0 Å². The number of halogens is 2. The second kappa shape index (κ2) is 9.99. The molecule has 0 fully saturated rings. The molecule has 31 heavy (non-hydrogen) atoms. The van der Waals surface area contributed by atoms with E-state index >= 15 is 0 Å². The Bertz CT molecular complexity index is 1180. The molecule has 2 aromatic carbocycles. The topological polar surface area (TPSA) is 79.4 Å². The van der Waals surface area contributed by atoms with Crippen LogP contribution in [0.15, 0.2) is 48.5 Å². The van der Waals surface area contributed by atoms with Gasteiger partial charge in [0.05, 0.1) is 6.26 Å². The molecular formula is C21H21Cl2N3O3S2. The van der Waals surface area contributed by atoms with Crippen molar-refractivity contribution in [1.29, 1.82) is 0 Å². The molecule has 0 unspecified atom stereocenters. The van der Waals surface area contributed by atoms with Crippen molar-refractivity contribution in [3.63, 3.8) is 0 Å². The number of anilines is 1. The molecule has 0 aliphatic rings. The minimum Gasteiger partial charge on any atom is -0.343 e. The SMILES string of the molecule is Cc1sc(N(CCc2ccc(Cl)cc2)Cc2cccc(Cl)c2)nc1C(=O)NS(C)(=O)=O. The van der Waals surface area contributed by atoms with Crippen molar-refractivity contribution in [2.45, 2.75) is 19.9 Å². The molecule has 0 aliphatic heterocycles. The molecule has 6 nitrogen and oxygen atoms in total. The van der Waals surface area contributed by atoms with Gasteiger partial charge in [0.25, 0.3) is 5.91 Å². The van der Waals surface area contributed by atoms with Gasteiger partial charge in [-0.1, -0.05) is 47.5 Å². The van der Waals surface area contributed by atoms with Crippen LogP contribution in [0.1, 0.15) is 26.5 Å². The summed E-state index contributed by atoms with van der Waals surface area (Å²) in [6.07, 6.45) is 1.67. The Morgan fingerprint density at radius 1 is 1.10 bits per heavy atom. The summed E-state index contributed by atoms with van der Waals surface area (Å²) < 4.78 is 24.8. The predicted molar refractivity (Wildman–Crippen MR) is 127 cm³/mol. The smallest absolute Gasteiger partial charge is 0.284 e. The molecule has 0 saturated carbocycles. The van der Waals surface area contributed by atoms with Crippen LogP contribution in [0.3, 0.4) is 0 Å². The van der Waals surface area contributed by atoms with Gasteiger partial charge in [-0.25, -0.2) is 18.1 Å². The first-order valence-corrected chi connectivity index (χ1v) is 12.8. The van der Waals surface area contributed by atoms with Crippen LogP contribution in [0.5, 0.6) is 0 Å². The first-order chi connectivity index (χ1) is 14.6. The van der Waals surface area contributed by atoms with E-state index in [1.54, 1.807) is 6.92 Å². The number of carbonyl (C=O) groups excluding carboxylic acids is 1. The standard InChI is InChI=1S/C21H21Cl2N3O3S2/c1-14-19(20(27)25-31(2,28)29)24-21(30-14)26(13-16-4-3-5-18(23)12-16)11-10-15-6-8-17(22)9-7-15/h3-9,12H,10-11,13H2,1-2H3,(H,25,27). The van der Waals surface area contributed by atoms with Gasteiger partial charge in [0.1, 0.15) is 5.69 Å². The van der Waals surface area contributed by atoms with Gasteiger partial charge in [0.15, 0.2) is 5.13 Å². The molecule has 3 aromatic rings. The van der Waals surface area contributed by atoms with Gasteiger partial charge < -0.3 is 4.90 Å². The summed E-state index contributed by atoms with van der Waals surface area (Å²) in [6, 6.07) is 15.2. The summed E-state index contributed by atoms with van der Waals surface area (Å²) in [5.41, 5.74) is 2.22. The van der Waals surface area contributed by atoms with Crippen LogP contribution in [0, 0.1) is 6.92 Å². The predicted octanol–water partition coefficient (Wildman–Crippen LogP) is 4.70. The van der Waals surface area contributed by atoms with Crippen molar-refractivity contribution in [3.8, 4) is 0 Å². The molecule has 0 radical (unpaired) electrons. The second-order valence-electron chi connectivity index (χ2n) is 7.03. The molecule has 0 spiro atoms. The van der Waals surface area contributed by atoms with Crippen molar-refractivity contribution in [3.05, 3.63) is 80.3 Å². The lowest BCUT2D eigenvalue weighted by Gasteiger charge is -2.22. The Balaban J connectivity index is 1.87. The van der Waals surface area contributed by atoms with Gasteiger partial charge in [0, 0.05) is 28.0 Å². The Kier molecular flexibility index (Phi) is 7.59. The number of hydrogen-bond donors (Lipinski definition) is 1. The maximum Gasteiger partial charge on any atom is 0.284 e. The summed E-state index contributed by atoms with van der Waals surface area (Å²) in [7, 11) is -3.68. The van der Waals surface area contributed by atoms with Crippen LogP contribution < -0.4 is 9.62 Å². The summed E-state index contributed by atoms with van der Waals surface area (Å²) in [4.78, 5) is 19.5. The third kappa shape index (κ3) is 6.93. The first-order valence-electron chi connectivity index (χ1n) is 9.34. The van der Waals surface area contributed by atoms with Gasteiger partial charge in [0.2, 0.25) is 10.0 Å². The van der Waals surface area contributed by atoms with Crippen molar-refractivity contribution < 1.29 is 13.2 Å². The van der Waals surface area contributed by atoms with Gasteiger partial charge in [-0.05, 0) is 48.7 Å². The minimum absolute atomic E-state index is 0.105. The molecule has 10 heteroatoms. The van der Waals surface area contributed by atoms with E-state index in [-0.39, 0.29) is 5.69 Å². The summed E-state index contributed by atoms with van der Waals surface area (Å²) in [6.45, 7) is 2.91. The highest BCUT2D eigenvalue weighted by atomic mass is 35.5. The van der Waals surface area contributed by atoms with Gasteiger partial charge >= 0.3 is 0 Å². The minimum atomic E-state index is -3.68. The summed E-state index contributed by atoms with van der Waals surface area (Å²) in [5.74, 6) is -0.733. The third-order valence-electron chi connectivity index (χ3n) is 4.40. The quantitative estimate of drug-likeness (QED) is 0.487. The van der Waals surface area contributed by atoms with E-state index in [4.69, 9.17) is 23.2 Å². The number of aryl methyl sites for hydroxylation is 1. The second-order valence-corrected chi connectivity index (χ2v) is 10.8. The molecule has 0 saturated heterocycles. The van der Waals surface area contributed by atoms with E-state index in [0.717, 1.165) is 23.8 Å². The summed E-state index contributed by atoms with van der Waals surface area (Å²) >= 11 is 13.5. The Labute approximate surface area is 195 Å². The molecule has 1 heterocycles. The van der Waals surface area contributed by atoms with Crippen LogP contribution in [0.4, 0.5) is 5.13 Å². The van der Waals surface area contributed by atoms with E-state index in [9.17, 15) is 13.2 Å². The number of carbonyl (C=O) groups is 1. The zero-order valence-electron chi connectivity index (χ0n) is 16.9. The van der Waals surface area contributed by atoms with E-state index in [2.05, 4.69) is 9.88 Å². The van der Waals surface area contributed by atoms with Crippen LogP contribution in [0.2, 0.25) is 10.0 Å².